The number of fused-ring (bicyclic) bond motifs is 12. The molecule has 0 atom stereocenters. The fourth-order valence-electron chi connectivity index (χ4n) is 9.25. The van der Waals surface area contributed by atoms with E-state index in [9.17, 15) is 0 Å². The van der Waals surface area contributed by atoms with Crippen molar-refractivity contribution < 1.29 is 4.42 Å². The zero-order valence-corrected chi connectivity index (χ0v) is 31.5. The van der Waals surface area contributed by atoms with Gasteiger partial charge in [0.05, 0.1) is 22.1 Å². The normalized spacial score (nSPS) is 12.1. The summed E-state index contributed by atoms with van der Waals surface area (Å²) in [5, 5.41) is 11.6. The summed E-state index contributed by atoms with van der Waals surface area (Å²) in [6.45, 7) is 0. The molecule has 6 heteroatoms. The van der Waals surface area contributed by atoms with Crippen molar-refractivity contribution in [1.82, 2.24) is 24.1 Å². The van der Waals surface area contributed by atoms with Crippen molar-refractivity contribution in [2.75, 3.05) is 0 Å². The average molecular weight is 754 g/mol. The molecular formula is C53H31N5O. The Morgan fingerprint density at radius 2 is 0.847 bits per heavy atom. The Hall–Kier alpha value is -8.09. The van der Waals surface area contributed by atoms with Gasteiger partial charge in [0.2, 0.25) is 5.95 Å². The number of para-hydroxylation sites is 4. The summed E-state index contributed by atoms with van der Waals surface area (Å²) in [5.74, 6) is 1.78. The first-order valence-corrected chi connectivity index (χ1v) is 19.9. The van der Waals surface area contributed by atoms with E-state index in [1.54, 1.807) is 0 Å². The molecule has 0 saturated heterocycles. The summed E-state index contributed by atoms with van der Waals surface area (Å²) < 4.78 is 10.7. The minimum atomic E-state index is 0.568. The molecule has 0 bridgehead atoms. The topological polar surface area (TPSA) is 61.7 Å². The molecule has 0 spiro atoms. The van der Waals surface area contributed by atoms with Gasteiger partial charge in [-0.25, -0.2) is 4.98 Å². The standard InChI is InChI=1S/C53H31N5O/c1-2-12-37-32(11-1)21-22-33-29-34(23-26-38(33)37)51-54-52(56-53(55-51)58-46-18-8-4-13-39(46)40-14-5-9-19-47(40)58)35-24-27-42-41-15-3-7-17-45(41)57(48(42)30-35)36-25-28-50-44(31-36)43-16-6-10-20-49(43)59-50/h1-31H. The van der Waals surface area contributed by atoms with E-state index in [1.807, 2.05) is 12.1 Å². The third-order valence-corrected chi connectivity index (χ3v) is 12.0. The molecule has 0 aliphatic rings. The van der Waals surface area contributed by atoms with Crippen molar-refractivity contribution in [3.63, 3.8) is 0 Å². The maximum atomic E-state index is 6.23. The minimum Gasteiger partial charge on any atom is -0.456 e. The van der Waals surface area contributed by atoms with E-state index < -0.39 is 0 Å². The van der Waals surface area contributed by atoms with Crippen molar-refractivity contribution in [3.8, 4) is 34.4 Å². The van der Waals surface area contributed by atoms with Crippen LogP contribution in [-0.4, -0.2) is 24.1 Å². The molecule has 0 aliphatic heterocycles. The lowest BCUT2D eigenvalue weighted by atomic mass is 10.00. The van der Waals surface area contributed by atoms with Crippen LogP contribution in [-0.2, 0) is 0 Å². The first-order chi connectivity index (χ1) is 29.2. The van der Waals surface area contributed by atoms with Crippen LogP contribution in [0.2, 0.25) is 0 Å². The van der Waals surface area contributed by atoms with E-state index in [2.05, 4.69) is 185 Å². The molecule has 6 nitrogen and oxygen atoms in total. The Balaban J connectivity index is 1.07. The predicted octanol–water partition coefficient (Wildman–Crippen LogP) is 13.6. The van der Waals surface area contributed by atoms with E-state index in [0.717, 1.165) is 82.4 Å². The third kappa shape index (κ3) is 4.77. The highest BCUT2D eigenvalue weighted by Gasteiger charge is 2.20. The molecule has 0 aliphatic carbocycles. The zero-order chi connectivity index (χ0) is 38.6. The van der Waals surface area contributed by atoms with Gasteiger partial charge in [0, 0.05) is 49.1 Å². The molecule has 274 valence electrons. The van der Waals surface area contributed by atoms with Crippen molar-refractivity contribution in [3.05, 3.63) is 188 Å². The maximum Gasteiger partial charge on any atom is 0.238 e. The van der Waals surface area contributed by atoms with E-state index in [1.165, 1.54) is 21.5 Å². The largest absolute Gasteiger partial charge is 0.456 e. The monoisotopic (exact) mass is 753 g/mol. The fourth-order valence-corrected chi connectivity index (χ4v) is 9.25. The van der Waals surface area contributed by atoms with Crippen LogP contribution in [0.1, 0.15) is 0 Å². The molecule has 0 N–H and O–H groups in total. The molecule has 4 heterocycles. The van der Waals surface area contributed by atoms with E-state index in [-0.39, 0.29) is 0 Å². The smallest absolute Gasteiger partial charge is 0.238 e. The molecule has 0 unspecified atom stereocenters. The van der Waals surface area contributed by atoms with Crippen molar-refractivity contribution in [1.29, 1.82) is 0 Å². The molecule has 0 fully saturated rings. The number of benzene rings is 9. The summed E-state index contributed by atoms with van der Waals surface area (Å²) in [6.07, 6.45) is 0. The molecule has 0 amide bonds. The van der Waals surface area contributed by atoms with Gasteiger partial charge >= 0.3 is 0 Å². The van der Waals surface area contributed by atoms with E-state index in [0.29, 0.717) is 17.6 Å². The molecular weight excluding hydrogens is 723 g/mol. The van der Waals surface area contributed by atoms with Crippen LogP contribution < -0.4 is 0 Å². The summed E-state index contributed by atoms with van der Waals surface area (Å²) in [4.78, 5) is 15.9. The number of rotatable bonds is 4. The number of aromatic nitrogens is 5. The molecule has 9 aromatic carbocycles. The van der Waals surface area contributed by atoms with Crippen LogP contribution in [0, 0.1) is 0 Å². The molecule has 4 aromatic heterocycles. The molecule has 0 saturated carbocycles. The van der Waals surface area contributed by atoms with Crippen LogP contribution in [0.5, 0.6) is 0 Å². The number of hydrogen-bond donors (Lipinski definition) is 0. The lowest BCUT2D eigenvalue weighted by Gasteiger charge is -2.12. The third-order valence-electron chi connectivity index (χ3n) is 12.0. The summed E-state index contributed by atoms with van der Waals surface area (Å²) >= 11 is 0. The Bertz CT molecular complexity index is 3820. The highest BCUT2D eigenvalue weighted by atomic mass is 16.3. The average Bonchev–Trinajstić information content (AvgIpc) is 3.96. The predicted molar refractivity (Wildman–Crippen MR) is 242 cm³/mol. The first kappa shape index (κ1) is 32.0. The molecule has 13 aromatic rings. The molecule has 13 rings (SSSR count). The second kappa shape index (κ2) is 12.2. The summed E-state index contributed by atoms with van der Waals surface area (Å²) in [6, 6.07) is 66.3. The number of nitrogens with zero attached hydrogens (tertiary/aromatic N) is 5. The number of furan rings is 1. The first-order valence-electron chi connectivity index (χ1n) is 19.9. The summed E-state index contributed by atoms with van der Waals surface area (Å²) in [7, 11) is 0. The van der Waals surface area contributed by atoms with Gasteiger partial charge in [0.1, 0.15) is 11.2 Å². The summed E-state index contributed by atoms with van der Waals surface area (Å²) in [5.41, 5.74) is 8.90. The zero-order valence-electron chi connectivity index (χ0n) is 31.5. The van der Waals surface area contributed by atoms with Crippen LogP contribution in [0.4, 0.5) is 0 Å². The van der Waals surface area contributed by atoms with Gasteiger partial charge in [-0.2, -0.15) is 9.97 Å². The second-order valence-electron chi connectivity index (χ2n) is 15.2. The maximum absolute atomic E-state index is 6.23. The lowest BCUT2D eigenvalue weighted by molar-refractivity contribution is 0.669. The van der Waals surface area contributed by atoms with Crippen LogP contribution in [0.15, 0.2) is 192 Å². The van der Waals surface area contributed by atoms with Gasteiger partial charge < -0.3 is 8.98 Å². The fraction of sp³-hybridized carbons (Fsp3) is 0. The van der Waals surface area contributed by atoms with Gasteiger partial charge in [-0.15, -0.1) is 0 Å². The quantitative estimate of drug-likeness (QED) is 0.168. The Morgan fingerprint density at radius 1 is 0.322 bits per heavy atom. The lowest BCUT2D eigenvalue weighted by Crippen LogP contribution is -2.06. The van der Waals surface area contributed by atoms with Crippen molar-refractivity contribution >= 4 is 87.1 Å². The minimum absolute atomic E-state index is 0.568. The van der Waals surface area contributed by atoms with Gasteiger partial charge in [-0.1, -0.05) is 133 Å². The van der Waals surface area contributed by atoms with Gasteiger partial charge in [0.15, 0.2) is 11.6 Å². The van der Waals surface area contributed by atoms with Crippen LogP contribution in [0.25, 0.3) is 122 Å². The van der Waals surface area contributed by atoms with Crippen LogP contribution in [0.3, 0.4) is 0 Å². The van der Waals surface area contributed by atoms with Gasteiger partial charge in [-0.05, 0) is 76.1 Å². The van der Waals surface area contributed by atoms with Gasteiger partial charge in [-0.3, -0.25) is 4.57 Å². The highest BCUT2D eigenvalue weighted by Crippen LogP contribution is 2.38. The van der Waals surface area contributed by atoms with E-state index in [4.69, 9.17) is 19.4 Å². The van der Waals surface area contributed by atoms with Crippen molar-refractivity contribution in [2.45, 2.75) is 0 Å². The Labute approximate surface area is 336 Å². The second-order valence-corrected chi connectivity index (χ2v) is 15.2. The number of hydrogen-bond acceptors (Lipinski definition) is 4. The molecule has 59 heavy (non-hydrogen) atoms. The van der Waals surface area contributed by atoms with Crippen molar-refractivity contribution in [2.24, 2.45) is 0 Å². The Morgan fingerprint density at radius 3 is 1.58 bits per heavy atom. The SMILES string of the molecule is c1ccc2c(c1)ccc1cc(-c3nc(-c4ccc5c6ccccc6n(-c6ccc7oc8ccccc8c7c6)c5c4)nc(-n4c5ccccc5c5ccccc54)n3)ccc12. The van der Waals surface area contributed by atoms with E-state index >= 15 is 0 Å². The van der Waals surface area contributed by atoms with Crippen LogP contribution >= 0.6 is 0 Å². The van der Waals surface area contributed by atoms with Gasteiger partial charge in [0.25, 0.3) is 0 Å². The molecule has 0 radical (unpaired) electrons. The highest BCUT2D eigenvalue weighted by molar-refractivity contribution is 6.12. The Kier molecular flexibility index (Phi) is 6.63.